The highest BCUT2D eigenvalue weighted by molar-refractivity contribution is 5.88. The van der Waals surface area contributed by atoms with Gasteiger partial charge in [0.1, 0.15) is 11.6 Å². The van der Waals surface area contributed by atoms with Crippen LogP contribution in [0.25, 0.3) is 16.7 Å². The van der Waals surface area contributed by atoms with Crippen molar-refractivity contribution in [3.8, 4) is 5.69 Å². The zero-order valence-electron chi connectivity index (χ0n) is 18.1. The Kier molecular flexibility index (Phi) is 5.57. The van der Waals surface area contributed by atoms with E-state index >= 15 is 0 Å². The summed E-state index contributed by atoms with van der Waals surface area (Å²) in [6.07, 6.45) is 2.75. The van der Waals surface area contributed by atoms with E-state index in [0.717, 1.165) is 54.2 Å². The largest absolute Gasteiger partial charge is 0.354 e. The van der Waals surface area contributed by atoms with Crippen LogP contribution in [0.2, 0.25) is 0 Å². The minimum absolute atomic E-state index is 0.00558. The number of hydrogen-bond donors (Lipinski definition) is 1. The summed E-state index contributed by atoms with van der Waals surface area (Å²) in [7, 11) is 0. The molecule has 0 radical (unpaired) electrons. The molecule has 8 heteroatoms. The van der Waals surface area contributed by atoms with E-state index < -0.39 is 0 Å². The van der Waals surface area contributed by atoms with Crippen LogP contribution >= 0.6 is 0 Å². The SMILES string of the molecule is CCNC(=O)N1CCCN(c2nc(C)nc3c2cnn3-c2ccc(C)cc2C)CC1. The lowest BCUT2D eigenvalue weighted by molar-refractivity contribution is 0.202. The number of anilines is 1. The van der Waals surface area contributed by atoms with Crippen LogP contribution < -0.4 is 10.2 Å². The van der Waals surface area contributed by atoms with E-state index in [9.17, 15) is 4.79 Å². The molecule has 1 aliphatic rings. The van der Waals surface area contributed by atoms with Gasteiger partial charge in [0.25, 0.3) is 0 Å². The minimum Gasteiger partial charge on any atom is -0.354 e. The van der Waals surface area contributed by atoms with Gasteiger partial charge in [0.2, 0.25) is 0 Å². The Morgan fingerprint density at radius 1 is 1.10 bits per heavy atom. The van der Waals surface area contributed by atoms with Crippen molar-refractivity contribution in [2.45, 2.75) is 34.1 Å². The molecule has 0 bridgehead atoms. The highest BCUT2D eigenvalue weighted by Crippen LogP contribution is 2.27. The van der Waals surface area contributed by atoms with Crippen molar-refractivity contribution in [2.75, 3.05) is 37.6 Å². The van der Waals surface area contributed by atoms with Gasteiger partial charge in [0, 0.05) is 32.7 Å². The van der Waals surface area contributed by atoms with Crippen LogP contribution in [0.5, 0.6) is 0 Å². The van der Waals surface area contributed by atoms with Crippen molar-refractivity contribution < 1.29 is 4.79 Å². The van der Waals surface area contributed by atoms with Crippen LogP contribution in [0, 0.1) is 20.8 Å². The Hall–Kier alpha value is -3.16. The molecule has 3 heterocycles. The van der Waals surface area contributed by atoms with Gasteiger partial charge < -0.3 is 15.1 Å². The van der Waals surface area contributed by atoms with Crippen LogP contribution in [0.3, 0.4) is 0 Å². The standard InChI is InChI=1S/C22H29N7O/c1-5-23-22(30)28-10-6-9-27(11-12-28)20-18-14-24-29(21(18)26-17(4)25-20)19-8-7-15(2)13-16(19)3/h7-8,13-14H,5-6,9-12H2,1-4H3,(H,23,30). The van der Waals surface area contributed by atoms with Crippen molar-refractivity contribution in [1.29, 1.82) is 0 Å². The molecule has 1 aliphatic heterocycles. The molecule has 30 heavy (non-hydrogen) atoms. The Morgan fingerprint density at radius 3 is 2.70 bits per heavy atom. The first kappa shape index (κ1) is 20.1. The summed E-state index contributed by atoms with van der Waals surface area (Å²) in [5, 5.41) is 8.49. The fraction of sp³-hybridized carbons (Fsp3) is 0.455. The molecule has 3 aromatic rings. The molecule has 2 aromatic heterocycles. The van der Waals surface area contributed by atoms with Gasteiger partial charge >= 0.3 is 6.03 Å². The second-order valence-corrected chi connectivity index (χ2v) is 7.84. The third kappa shape index (κ3) is 3.81. The van der Waals surface area contributed by atoms with Crippen molar-refractivity contribution in [2.24, 2.45) is 0 Å². The van der Waals surface area contributed by atoms with E-state index in [1.807, 2.05) is 29.6 Å². The van der Waals surface area contributed by atoms with Crippen LogP contribution in [-0.4, -0.2) is 63.4 Å². The number of fused-ring (bicyclic) bond motifs is 1. The molecule has 1 aromatic carbocycles. The highest BCUT2D eigenvalue weighted by atomic mass is 16.2. The van der Waals surface area contributed by atoms with Gasteiger partial charge in [-0.1, -0.05) is 17.7 Å². The number of amides is 2. The molecule has 0 unspecified atom stereocenters. The van der Waals surface area contributed by atoms with Crippen molar-refractivity contribution in [3.05, 3.63) is 41.3 Å². The number of nitrogens with one attached hydrogen (secondary N) is 1. The number of urea groups is 1. The number of nitrogens with zero attached hydrogens (tertiary/aromatic N) is 6. The number of aromatic nitrogens is 4. The third-order valence-corrected chi connectivity index (χ3v) is 5.51. The summed E-state index contributed by atoms with van der Waals surface area (Å²) in [4.78, 5) is 25.8. The zero-order valence-corrected chi connectivity index (χ0v) is 18.1. The monoisotopic (exact) mass is 407 g/mol. The fourth-order valence-electron chi connectivity index (χ4n) is 4.05. The summed E-state index contributed by atoms with van der Waals surface area (Å²) in [6.45, 7) is 11.7. The molecular formula is C22H29N7O. The normalized spacial score (nSPS) is 14.8. The molecule has 1 N–H and O–H groups in total. The quantitative estimate of drug-likeness (QED) is 0.722. The average molecular weight is 408 g/mol. The van der Waals surface area contributed by atoms with Gasteiger partial charge in [-0.3, -0.25) is 0 Å². The zero-order chi connectivity index (χ0) is 21.3. The smallest absolute Gasteiger partial charge is 0.317 e. The van der Waals surface area contributed by atoms with E-state index in [1.54, 1.807) is 0 Å². The van der Waals surface area contributed by atoms with Gasteiger partial charge in [-0.2, -0.15) is 5.10 Å². The lowest BCUT2D eigenvalue weighted by atomic mass is 10.1. The second kappa shape index (κ2) is 8.30. The molecule has 158 valence electrons. The Labute approximate surface area is 176 Å². The lowest BCUT2D eigenvalue weighted by Crippen LogP contribution is -2.42. The average Bonchev–Trinajstić information content (AvgIpc) is 2.96. The Bertz CT molecular complexity index is 1070. The third-order valence-electron chi connectivity index (χ3n) is 5.51. The highest BCUT2D eigenvalue weighted by Gasteiger charge is 2.23. The van der Waals surface area contributed by atoms with Crippen LogP contribution in [0.15, 0.2) is 24.4 Å². The van der Waals surface area contributed by atoms with Crippen molar-refractivity contribution >= 4 is 22.9 Å². The summed E-state index contributed by atoms with van der Waals surface area (Å²) in [5.74, 6) is 1.61. The van der Waals surface area contributed by atoms with Crippen LogP contribution in [0.4, 0.5) is 10.6 Å². The summed E-state index contributed by atoms with van der Waals surface area (Å²) < 4.78 is 1.90. The van der Waals surface area contributed by atoms with E-state index in [4.69, 9.17) is 9.97 Å². The first-order chi connectivity index (χ1) is 14.5. The molecule has 0 atom stereocenters. The number of carbonyl (C=O) groups excluding carboxylic acids is 1. The Balaban J connectivity index is 1.69. The molecule has 1 saturated heterocycles. The predicted molar refractivity (Wildman–Crippen MR) is 118 cm³/mol. The molecule has 1 fully saturated rings. The number of aryl methyl sites for hydroxylation is 3. The number of benzene rings is 1. The molecular weight excluding hydrogens is 378 g/mol. The van der Waals surface area contributed by atoms with Gasteiger partial charge in [-0.15, -0.1) is 0 Å². The number of rotatable bonds is 3. The fourth-order valence-corrected chi connectivity index (χ4v) is 4.05. The van der Waals surface area contributed by atoms with Gasteiger partial charge in [-0.25, -0.2) is 19.4 Å². The summed E-state index contributed by atoms with van der Waals surface area (Å²) in [6, 6.07) is 6.34. The van der Waals surface area contributed by atoms with E-state index in [-0.39, 0.29) is 6.03 Å². The first-order valence-corrected chi connectivity index (χ1v) is 10.6. The number of hydrogen-bond acceptors (Lipinski definition) is 5. The van der Waals surface area contributed by atoms with E-state index in [2.05, 4.69) is 47.4 Å². The van der Waals surface area contributed by atoms with Crippen LogP contribution in [-0.2, 0) is 0 Å². The van der Waals surface area contributed by atoms with E-state index in [0.29, 0.717) is 18.9 Å². The maximum absolute atomic E-state index is 12.2. The van der Waals surface area contributed by atoms with Crippen molar-refractivity contribution in [1.82, 2.24) is 30.0 Å². The van der Waals surface area contributed by atoms with Crippen molar-refractivity contribution in [3.63, 3.8) is 0 Å². The predicted octanol–water partition coefficient (Wildman–Crippen LogP) is 2.98. The van der Waals surface area contributed by atoms with Gasteiger partial charge in [-0.05, 0) is 45.7 Å². The number of carbonyl (C=O) groups is 1. The van der Waals surface area contributed by atoms with E-state index in [1.165, 1.54) is 5.56 Å². The lowest BCUT2D eigenvalue weighted by Gasteiger charge is -2.23. The molecule has 0 aliphatic carbocycles. The maximum Gasteiger partial charge on any atom is 0.317 e. The molecule has 2 amide bonds. The van der Waals surface area contributed by atoms with Gasteiger partial charge in [0.15, 0.2) is 5.65 Å². The van der Waals surface area contributed by atoms with Crippen LogP contribution in [0.1, 0.15) is 30.3 Å². The topological polar surface area (TPSA) is 79.2 Å². The second-order valence-electron chi connectivity index (χ2n) is 7.84. The molecule has 0 spiro atoms. The molecule has 0 saturated carbocycles. The first-order valence-electron chi connectivity index (χ1n) is 10.6. The summed E-state index contributed by atoms with van der Waals surface area (Å²) >= 11 is 0. The summed E-state index contributed by atoms with van der Waals surface area (Å²) in [5.41, 5.74) is 4.22. The molecule has 8 nitrogen and oxygen atoms in total. The Morgan fingerprint density at radius 2 is 1.93 bits per heavy atom. The molecule has 4 rings (SSSR count). The minimum atomic E-state index is 0.00558. The van der Waals surface area contributed by atoms with Gasteiger partial charge in [0.05, 0.1) is 17.3 Å². The maximum atomic E-state index is 12.2.